The molecule has 2 rings (SSSR count). The Balaban J connectivity index is 0.00000364. The molecule has 0 bridgehead atoms. The van der Waals surface area contributed by atoms with E-state index in [9.17, 15) is 0 Å². The van der Waals surface area contributed by atoms with E-state index < -0.39 is 0 Å². The highest BCUT2D eigenvalue weighted by molar-refractivity contribution is 14.0. The number of rotatable bonds is 8. The molecule has 0 fully saturated rings. The molecule has 5 nitrogen and oxygen atoms in total. The van der Waals surface area contributed by atoms with Gasteiger partial charge in [-0.1, -0.05) is 19.1 Å². The Morgan fingerprint density at radius 2 is 1.93 bits per heavy atom. The molecule has 1 aromatic heterocycles. The van der Waals surface area contributed by atoms with E-state index in [0.717, 1.165) is 41.9 Å². The van der Waals surface area contributed by atoms with Crippen molar-refractivity contribution in [1.29, 1.82) is 0 Å². The number of guanidine groups is 1. The van der Waals surface area contributed by atoms with Gasteiger partial charge in [0.05, 0.1) is 19.3 Å². The third kappa shape index (κ3) is 7.65. The lowest BCUT2D eigenvalue weighted by atomic mass is 9.98. The molecule has 0 aliphatic heterocycles. The zero-order valence-corrected chi connectivity index (χ0v) is 20.0. The maximum atomic E-state index is 5.22. The van der Waals surface area contributed by atoms with Crippen LogP contribution < -0.4 is 15.4 Å². The molecule has 0 aliphatic carbocycles. The fourth-order valence-corrected chi connectivity index (χ4v) is 3.46. The number of ether oxygens (including phenoxy) is 1. The van der Waals surface area contributed by atoms with Crippen molar-refractivity contribution >= 4 is 41.3 Å². The van der Waals surface area contributed by atoms with Crippen LogP contribution in [0.15, 0.2) is 29.3 Å². The number of aromatic nitrogens is 1. The summed E-state index contributed by atoms with van der Waals surface area (Å²) in [6, 6.07) is 8.30. The van der Waals surface area contributed by atoms with E-state index in [1.165, 1.54) is 10.4 Å². The first-order chi connectivity index (χ1) is 12.5. The van der Waals surface area contributed by atoms with Crippen molar-refractivity contribution in [1.82, 2.24) is 15.6 Å². The summed E-state index contributed by atoms with van der Waals surface area (Å²) in [5.41, 5.74) is 2.43. The van der Waals surface area contributed by atoms with E-state index in [4.69, 9.17) is 4.74 Å². The molecule has 1 aromatic carbocycles. The highest BCUT2D eigenvalue weighted by atomic mass is 127. The molecule has 0 spiro atoms. The van der Waals surface area contributed by atoms with Crippen LogP contribution >= 0.6 is 35.3 Å². The standard InChI is InChI=1S/C20H30N4OS.HI/c1-6-21-20(23-13-19-24-15(3)16(4)26-19)22-12-11-14(2)17-7-9-18(25-5)10-8-17;/h7-10,14H,6,11-13H2,1-5H3,(H2,21,22,23);1H. The van der Waals surface area contributed by atoms with Crippen LogP contribution in [0.5, 0.6) is 5.75 Å². The van der Waals surface area contributed by atoms with E-state index in [-0.39, 0.29) is 24.0 Å². The summed E-state index contributed by atoms with van der Waals surface area (Å²) in [6.45, 7) is 10.8. The number of aryl methyl sites for hydroxylation is 2. The summed E-state index contributed by atoms with van der Waals surface area (Å²) < 4.78 is 5.22. The molecule has 7 heteroatoms. The number of hydrogen-bond acceptors (Lipinski definition) is 4. The molecule has 27 heavy (non-hydrogen) atoms. The lowest BCUT2D eigenvalue weighted by Gasteiger charge is -2.15. The predicted octanol–water partition coefficient (Wildman–Crippen LogP) is 4.64. The largest absolute Gasteiger partial charge is 0.497 e. The molecule has 1 atom stereocenters. The Kier molecular flexibility index (Phi) is 10.7. The molecule has 1 heterocycles. The number of methoxy groups -OCH3 is 1. The maximum absolute atomic E-state index is 5.22. The Bertz CT molecular complexity index is 696. The van der Waals surface area contributed by atoms with Gasteiger partial charge >= 0.3 is 0 Å². The Hall–Kier alpha value is -1.35. The number of hydrogen-bond donors (Lipinski definition) is 2. The van der Waals surface area contributed by atoms with Crippen LogP contribution in [0.4, 0.5) is 0 Å². The SMILES string of the molecule is CCNC(=NCc1nc(C)c(C)s1)NCCC(C)c1ccc(OC)cc1.I. The fraction of sp³-hybridized carbons (Fsp3) is 0.500. The number of nitrogens with one attached hydrogen (secondary N) is 2. The molecular weight excluding hydrogens is 471 g/mol. The van der Waals surface area contributed by atoms with E-state index in [1.54, 1.807) is 18.4 Å². The molecule has 0 saturated heterocycles. The number of halogens is 1. The van der Waals surface area contributed by atoms with E-state index in [1.807, 2.05) is 19.1 Å². The lowest BCUT2D eigenvalue weighted by Crippen LogP contribution is -2.38. The third-order valence-corrected chi connectivity index (χ3v) is 5.40. The number of aliphatic imine (C=N–C) groups is 1. The first-order valence-corrected chi connectivity index (χ1v) is 9.94. The second-order valence-corrected chi connectivity index (χ2v) is 7.62. The second kappa shape index (κ2) is 12.2. The third-order valence-electron chi connectivity index (χ3n) is 4.34. The summed E-state index contributed by atoms with van der Waals surface area (Å²) in [4.78, 5) is 10.5. The Labute approximate surface area is 184 Å². The molecule has 1 unspecified atom stereocenters. The van der Waals surface area contributed by atoms with Gasteiger partial charge in [0.2, 0.25) is 0 Å². The molecular formula is C20H31IN4OS. The minimum Gasteiger partial charge on any atom is -0.497 e. The van der Waals surface area contributed by atoms with Gasteiger partial charge in [0, 0.05) is 18.0 Å². The summed E-state index contributed by atoms with van der Waals surface area (Å²) >= 11 is 1.72. The van der Waals surface area contributed by atoms with Crippen molar-refractivity contribution in [2.45, 2.75) is 46.6 Å². The molecule has 0 aliphatic rings. The molecule has 150 valence electrons. The summed E-state index contributed by atoms with van der Waals surface area (Å²) in [5.74, 6) is 2.22. The van der Waals surface area contributed by atoms with Crippen molar-refractivity contribution in [2.24, 2.45) is 4.99 Å². The van der Waals surface area contributed by atoms with E-state index in [2.05, 4.69) is 53.5 Å². The quantitative estimate of drug-likeness (QED) is 0.314. The van der Waals surface area contributed by atoms with Crippen molar-refractivity contribution in [3.63, 3.8) is 0 Å². The highest BCUT2D eigenvalue weighted by Gasteiger charge is 2.07. The average molecular weight is 502 g/mol. The van der Waals surface area contributed by atoms with Gasteiger partial charge in [0.1, 0.15) is 10.8 Å². The number of benzene rings is 1. The van der Waals surface area contributed by atoms with E-state index in [0.29, 0.717) is 12.5 Å². The van der Waals surface area contributed by atoms with Crippen LogP contribution in [0.1, 0.15) is 47.3 Å². The zero-order chi connectivity index (χ0) is 18.9. The lowest BCUT2D eigenvalue weighted by molar-refractivity contribution is 0.414. The topological polar surface area (TPSA) is 58.5 Å². The first kappa shape index (κ1) is 23.7. The average Bonchev–Trinajstić information content (AvgIpc) is 2.97. The van der Waals surface area contributed by atoms with Gasteiger partial charge in [-0.25, -0.2) is 9.98 Å². The predicted molar refractivity (Wildman–Crippen MR) is 126 cm³/mol. The van der Waals surface area contributed by atoms with Gasteiger partial charge in [-0.15, -0.1) is 35.3 Å². The molecule has 2 aromatic rings. The number of nitrogens with zero attached hydrogens (tertiary/aromatic N) is 2. The first-order valence-electron chi connectivity index (χ1n) is 9.12. The summed E-state index contributed by atoms with van der Waals surface area (Å²) in [7, 11) is 1.69. The van der Waals surface area contributed by atoms with Crippen LogP contribution in [0.25, 0.3) is 0 Å². The smallest absolute Gasteiger partial charge is 0.191 e. The van der Waals surface area contributed by atoms with Crippen LogP contribution in [-0.2, 0) is 6.54 Å². The van der Waals surface area contributed by atoms with Gasteiger partial charge in [-0.2, -0.15) is 0 Å². The Morgan fingerprint density at radius 3 is 2.48 bits per heavy atom. The normalized spacial score (nSPS) is 12.3. The van der Waals surface area contributed by atoms with Crippen molar-refractivity contribution in [3.8, 4) is 5.75 Å². The van der Waals surface area contributed by atoms with Crippen LogP contribution in [0.2, 0.25) is 0 Å². The van der Waals surface area contributed by atoms with Gasteiger partial charge in [0.15, 0.2) is 5.96 Å². The maximum Gasteiger partial charge on any atom is 0.191 e. The molecule has 0 amide bonds. The number of thiazole rings is 1. The van der Waals surface area contributed by atoms with E-state index >= 15 is 0 Å². The summed E-state index contributed by atoms with van der Waals surface area (Å²) in [5, 5.41) is 7.79. The highest BCUT2D eigenvalue weighted by Crippen LogP contribution is 2.21. The van der Waals surface area contributed by atoms with Gasteiger partial charge in [0.25, 0.3) is 0 Å². The van der Waals surface area contributed by atoms with Crippen molar-refractivity contribution in [2.75, 3.05) is 20.2 Å². The second-order valence-electron chi connectivity index (χ2n) is 6.33. The van der Waals surface area contributed by atoms with Crippen LogP contribution in [0.3, 0.4) is 0 Å². The molecule has 2 N–H and O–H groups in total. The van der Waals surface area contributed by atoms with Gasteiger partial charge in [-0.05, 0) is 50.8 Å². The minimum absolute atomic E-state index is 0. The van der Waals surface area contributed by atoms with Gasteiger partial charge < -0.3 is 15.4 Å². The minimum atomic E-state index is 0. The van der Waals surface area contributed by atoms with Crippen molar-refractivity contribution < 1.29 is 4.74 Å². The van der Waals surface area contributed by atoms with Crippen molar-refractivity contribution in [3.05, 3.63) is 45.4 Å². The summed E-state index contributed by atoms with van der Waals surface area (Å²) in [6.07, 6.45) is 1.03. The fourth-order valence-electron chi connectivity index (χ4n) is 2.60. The Morgan fingerprint density at radius 1 is 1.22 bits per heavy atom. The molecule has 0 saturated carbocycles. The molecule has 0 radical (unpaired) electrons. The van der Waals surface area contributed by atoms with Crippen LogP contribution in [0, 0.1) is 13.8 Å². The zero-order valence-electron chi connectivity index (χ0n) is 16.8. The van der Waals surface area contributed by atoms with Gasteiger partial charge in [-0.3, -0.25) is 0 Å². The van der Waals surface area contributed by atoms with Crippen LogP contribution in [-0.4, -0.2) is 31.1 Å². The monoisotopic (exact) mass is 502 g/mol.